The highest BCUT2D eigenvalue weighted by molar-refractivity contribution is 5.83. The fourth-order valence-electron chi connectivity index (χ4n) is 2.63. The van der Waals surface area contributed by atoms with Crippen molar-refractivity contribution in [1.29, 1.82) is 0 Å². The van der Waals surface area contributed by atoms with Crippen LogP contribution in [0.1, 0.15) is 55.4 Å². The van der Waals surface area contributed by atoms with E-state index in [4.69, 9.17) is 4.74 Å². The number of phenolic OH excluding ortho intramolecular Hbond substituents is 1. The quantitative estimate of drug-likeness (QED) is 0.316. The summed E-state index contributed by atoms with van der Waals surface area (Å²) in [5, 5.41) is 30.8. The molecule has 0 amide bonds. The Morgan fingerprint density at radius 2 is 1.93 bits per heavy atom. The molecule has 2 heterocycles. The van der Waals surface area contributed by atoms with Crippen LogP contribution >= 0.6 is 0 Å². The van der Waals surface area contributed by atoms with Gasteiger partial charge in [0.2, 0.25) is 0 Å². The van der Waals surface area contributed by atoms with Crippen molar-refractivity contribution in [2.75, 3.05) is 0 Å². The summed E-state index contributed by atoms with van der Waals surface area (Å²) in [5.41, 5.74) is -0.681. The molecule has 0 radical (unpaired) electrons. The predicted octanol–water partition coefficient (Wildman–Crippen LogP) is 2.64. The summed E-state index contributed by atoms with van der Waals surface area (Å²) in [6.07, 6.45) is 2.99. The number of phenols is 1. The fourth-order valence-corrected chi connectivity index (χ4v) is 2.63. The molecule has 2 aromatic heterocycles. The number of carbonyl (C=O) groups is 1. The molecule has 0 aliphatic rings. The van der Waals surface area contributed by atoms with Gasteiger partial charge in [0.15, 0.2) is 12.1 Å². The second-order valence-electron chi connectivity index (χ2n) is 6.20. The SMILES string of the molecule is CC.CC(C)c1nccn1-c1nc(F)ncc1C(O)(O)Oc1cccc(O)c1C=O. The van der Waals surface area contributed by atoms with Gasteiger partial charge < -0.3 is 20.1 Å². The van der Waals surface area contributed by atoms with Crippen LogP contribution in [-0.2, 0) is 5.97 Å². The number of rotatable bonds is 6. The summed E-state index contributed by atoms with van der Waals surface area (Å²) < 4.78 is 20.2. The fraction of sp³-hybridized carbons (Fsp3) is 0.300. The molecule has 160 valence electrons. The molecule has 0 bridgehead atoms. The minimum atomic E-state index is -3.05. The molecule has 3 N–H and O–H groups in total. The zero-order chi connectivity index (χ0) is 22.5. The highest BCUT2D eigenvalue weighted by Gasteiger charge is 2.36. The van der Waals surface area contributed by atoms with E-state index in [0.29, 0.717) is 12.1 Å². The third-order valence-corrected chi connectivity index (χ3v) is 3.92. The molecule has 9 nitrogen and oxygen atoms in total. The van der Waals surface area contributed by atoms with Gasteiger partial charge in [-0.3, -0.25) is 9.36 Å². The average Bonchev–Trinajstić information content (AvgIpc) is 3.19. The lowest BCUT2D eigenvalue weighted by Gasteiger charge is -2.25. The van der Waals surface area contributed by atoms with Crippen LogP contribution in [0.5, 0.6) is 11.5 Å². The molecule has 0 atom stereocenters. The topological polar surface area (TPSA) is 131 Å². The number of aldehydes is 1. The summed E-state index contributed by atoms with van der Waals surface area (Å²) in [4.78, 5) is 22.4. The van der Waals surface area contributed by atoms with E-state index in [1.165, 1.54) is 35.2 Å². The number of halogens is 1. The van der Waals surface area contributed by atoms with Crippen molar-refractivity contribution in [2.45, 2.75) is 39.6 Å². The highest BCUT2D eigenvalue weighted by atomic mass is 19.1. The number of hydrogen-bond donors (Lipinski definition) is 3. The Balaban J connectivity index is 0.00000155. The summed E-state index contributed by atoms with van der Waals surface area (Å²) in [5.74, 6) is -3.55. The first-order valence-corrected chi connectivity index (χ1v) is 9.22. The van der Waals surface area contributed by atoms with Crippen LogP contribution in [0.2, 0.25) is 0 Å². The summed E-state index contributed by atoms with van der Waals surface area (Å²) in [6, 6.07) is 3.84. The van der Waals surface area contributed by atoms with Crippen molar-refractivity contribution in [3.05, 3.63) is 59.8 Å². The molecule has 0 aliphatic heterocycles. The molecule has 3 aromatic rings. The molecule has 0 spiro atoms. The number of nitrogens with zero attached hydrogens (tertiary/aromatic N) is 4. The van der Waals surface area contributed by atoms with Gasteiger partial charge in [0.1, 0.15) is 22.9 Å². The average molecular weight is 418 g/mol. The van der Waals surface area contributed by atoms with Crippen LogP contribution in [0.15, 0.2) is 36.8 Å². The van der Waals surface area contributed by atoms with Gasteiger partial charge in [-0.05, 0) is 12.1 Å². The summed E-state index contributed by atoms with van der Waals surface area (Å²) in [7, 11) is 0. The first kappa shape index (κ1) is 22.9. The van der Waals surface area contributed by atoms with E-state index in [0.717, 1.165) is 6.20 Å². The normalized spacial score (nSPS) is 11.1. The number of aromatic hydroxyl groups is 1. The molecule has 0 unspecified atom stereocenters. The molecule has 0 saturated carbocycles. The lowest BCUT2D eigenvalue weighted by Crippen LogP contribution is -2.35. The zero-order valence-corrected chi connectivity index (χ0v) is 16.9. The molecule has 0 fully saturated rings. The molecule has 0 aliphatic carbocycles. The first-order valence-electron chi connectivity index (χ1n) is 9.22. The second kappa shape index (κ2) is 9.42. The van der Waals surface area contributed by atoms with Gasteiger partial charge >= 0.3 is 12.1 Å². The maximum atomic E-state index is 13.7. The molecular weight excluding hydrogens is 395 g/mol. The van der Waals surface area contributed by atoms with Crippen LogP contribution in [0.3, 0.4) is 0 Å². The van der Waals surface area contributed by atoms with Crippen LogP contribution < -0.4 is 4.74 Å². The van der Waals surface area contributed by atoms with Crippen LogP contribution in [0.25, 0.3) is 5.82 Å². The van der Waals surface area contributed by atoms with Crippen LogP contribution in [-0.4, -0.2) is 41.1 Å². The Kier molecular flexibility index (Phi) is 7.19. The number of benzene rings is 1. The van der Waals surface area contributed by atoms with Gasteiger partial charge in [0.25, 0.3) is 0 Å². The van der Waals surface area contributed by atoms with E-state index in [2.05, 4.69) is 15.0 Å². The number of ether oxygens (including phenoxy) is 1. The maximum Gasteiger partial charge on any atom is 0.356 e. The van der Waals surface area contributed by atoms with Crippen molar-refractivity contribution in [3.8, 4) is 17.3 Å². The molecule has 0 saturated heterocycles. The molecule has 10 heteroatoms. The number of carbonyl (C=O) groups excluding carboxylic acids is 1. The Morgan fingerprint density at radius 1 is 1.23 bits per heavy atom. The Labute approximate surface area is 172 Å². The Hall–Kier alpha value is -3.37. The monoisotopic (exact) mass is 418 g/mol. The molecule has 30 heavy (non-hydrogen) atoms. The van der Waals surface area contributed by atoms with Gasteiger partial charge in [-0.25, -0.2) is 9.97 Å². The van der Waals surface area contributed by atoms with Crippen LogP contribution in [0, 0.1) is 6.08 Å². The predicted molar refractivity (Wildman–Crippen MR) is 105 cm³/mol. The first-order chi connectivity index (χ1) is 14.2. The minimum absolute atomic E-state index is 0.0821. The van der Waals surface area contributed by atoms with Gasteiger partial charge in [0.05, 0.1) is 5.56 Å². The van der Waals surface area contributed by atoms with Crippen molar-refractivity contribution >= 4 is 6.29 Å². The van der Waals surface area contributed by atoms with Crippen molar-refractivity contribution in [3.63, 3.8) is 0 Å². The van der Waals surface area contributed by atoms with Gasteiger partial charge in [-0.2, -0.15) is 9.37 Å². The molecule has 3 rings (SSSR count). The minimum Gasteiger partial charge on any atom is -0.507 e. The summed E-state index contributed by atoms with van der Waals surface area (Å²) >= 11 is 0. The van der Waals surface area contributed by atoms with Crippen molar-refractivity contribution in [1.82, 2.24) is 19.5 Å². The van der Waals surface area contributed by atoms with E-state index in [9.17, 15) is 24.5 Å². The van der Waals surface area contributed by atoms with E-state index < -0.39 is 23.4 Å². The van der Waals surface area contributed by atoms with Crippen molar-refractivity contribution in [2.24, 2.45) is 0 Å². The number of aliphatic hydroxyl groups is 2. The third kappa shape index (κ3) is 4.61. The Bertz CT molecular complexity index is 1020. The maximum absolute atomic E-state index is 13.7. The lowest BCUT2D eigenvalue weighted by molar-refractivity contribution is -0.304. The number of hydrogen-bond acceptors (Lipinski definition) is 8. The van der Waals surface area contributed by atoms with Crippen LogP contribution in [0.4, 0.5) is 4.39 Å². The standard InChI is InChI=1S/C18H17FN4O5.C2H6/c1-10(2)15-20-6-7-23(15)16-12(8-21-17(19)22-16)18(26,27)28-14-5-3-4-13(25)11(14)9-24;1-2/h3-10,25-27H,1-2H3;1-2H3. The van der Waals surface area contributed by atoms with E-state index in [1.54, 1.807) is 0 Å². The Morgan fingerprint density at radius 3 is 2.57 bits per heavy atom. The molecule has 1 aromatic carbocycles. The number of aromatic nitrogens is 4. The number of imidazole rings is 1. The van der Waals surface area contributed by atoms with Crippen molar-refractivity contribution < 1.29 is 29.2 Å². The summed E-state index contributed by atoms with van der Waals surface area (Å²) in [6.45, 7) is 7.70. The lowest BCUT2D eigenvalue weighted by atomic mass is 10.2. The van der Waals surface area contributed by atoms with E-state index in [1.807, 2.05) is 27.7 Å². The van der Waals surface area contributed by atoms with Gasteiger partial charge in [-0.1, -0.05) is 33.8 Å². The smallest absolute Gasteiger partial charge is 0.356 e. The van der Waals surface area contributed by atoms with Gasteiger partial charge in [-0.15, -0.1) is 0 Å². The second-order valence-corrected chi connectivity index (χ2v) is 6.20. The largest absolute Gasteiger partial charge is 0.507 e. The molecular formula is C20H23FN4O5. The van der Waals surface area contributed by atoms with E-state index in [-0.39, 0.29) is 23.0 Å². The highest BCUT2D eigenvalue weighted by Crippen LogP contribution is 2.32. The van der Waals surface area contributed by atoms with Gasteiger partial charge in [0, 0.05) is 24.5 Å². The third-order valence-electron chi connectivity index (χ3n) is 3.92. The zero-order valence-electron chi connectivity index (χ0n) is 16.9. The van der Waals surface area contributed by atoms with E-state index >= 15 is 0 Å².